The summed E-state index contributed by atoms with van der Waals surface area (Å²) in [7, 11) is 0. The number of aryl methyl sites for hydroxylation is 2. The van der Waals surface area contributed by atoms with Crippen LogP contribution < -0.4 is 5.63 Å². The Morgan fingerprint density at radius 2 is 1.94 bits per heavy atom. The summed E-state index contributed by atoms with van der Waals surface area (Å²) in [6.45, 7) is 4.23. The van der Waals surface area contributed by atoms with Crippen LogP contribution in [0.3, 0.4) is 0 Å². The fourth-order valence-corrected chi connectivity index (χ4v) is 2.33. The molecule has 0 spiro atoms. The zero-order chi connectivity index (χ0) is 13.0. The minimum Gasteiger partial charge on any atom is -0.422 e. The van der Waals surface area contributed by atoms with Crippen molar-refractivity contribution in [3.05, 3.63) is 45.8 Å². The lowest BCUT2D eigenvalue weighted by Gasteiger charge is -2.06. The van der Waals surface area contributed by atoms with Crippen molar-refractivity contribution in [2.45, 2.75) is 46.0 Å². The van der Waals surface area contributed by atoms with Gasteiger partial charge in [-0.15, -0.1) is 0 Å². The van der Waals surface area contributed by atoms with E-state index >= 15 is 0 Å². The van der Waals surface area contributed by atoms with E-state index in [1.807, 2.05) is 13.0 Å². The molecule has 0 radical (unpaired) electrons. The molecule has 0 fully saturated rings. The lowest BCUT2D eigenvalue weighted by Crippen LogP contribution is -1.97. The zero-order valence-electron chi connectivity index (χ0n) is 11.2. The SMILES string of the molecule is CCCCCCc1cc(C)c2oc(=O)ccc2c1. The summed E-state index contributed by atoms with van der Waals surface area (Å²) in [4.78, 5) is 11.2. The molecule has 1 heterocycles. The molecule has 2 heteroatoms. The van der Waals surface area contributed by atoms with Gasteiger partial charge in [0.1, 0.15) is 5.58 Å². The number of hydrogen-bond acceptors (Lipinski definition) is 2. The number of rotatable bonds is 5. The number of benzene rings is 1. The van der Waals surface area contributed by atoms with Crippen LogP contribution in [0.25, 0.3) is 11.0 Å². The van der Waals surface area contributed by atoms with E-state index in [0.29, 0.717) is 0 Å². The third-order valence-electron chi connectivity index (χ3n) is 3.28. The highest BCUT2D eigenvalue weighted by atomic mass is 16.4. The number of unbranched alkanes of at least 4 members (excludes halogenated alkanes) is 3. The van der Waals surface area contributed by atoms with Gasteiger partial charge >= 0.3 is 5.63 Å². The third kappa shape index (κ3) is 3.00. The smallest absolute Gasteiger partial charge is 0.336 e. The average Bonchev–Trinajstić information content (AvgIpc) is 2.36. The fourth-order valence-electron chi connectivity index (χ4n) is 2.33. The molecule has 0 saturated heterocycles. The Labute approximate surface area is 108 Å². The highest BCUT2D eigenvalue weighted by Gasteiger charge is 2.04. The van der Waals surface area contributed by atoms with E-state index in [1.54, 1.807) is 0 Å². The van der Waals surface area contributed by atoms with Crippen molar-refractivity contribution < 1.29 is 4.42 Å². The Balaban J connectivity index is 2.21. The molecular formula is C16H20O2. The van der Waals surface area contributed by atoms with Crippen LogP contribution in [0.15, 0.2) is 33.5 Å². The predicted octanol–water partition coefficient (Wildman–Crippen LogP) is 4.22. The molecule has 0 saturated carbocycles. The minimum absolute atomic E-state index is 0.277. The molecule has 1 aromatic heterocycles. The first kappa shape index (κ1) is 12.9. The maximum atomic E-state index is 11.2. The molecular weight excluding hydrogens is 224 g/mol. The summed E-state index contributed by atoms with van der Waals surface area (Å²) in [5, 5.41) is 1.03. The summed E-state index contributed by atoms with van der Waals surface area (Å²) in [6, 6.07) is 7.61. The molecule has 2 rings (SSSR count). The molecule has 0 aliphatic heterocycles. The van der Waals surface area contributed by atoms with Crippen molar-refractivity contribution in [2.24, 2.45) is 0 Å². The second-order valence-electron chi connectivity index (χ2n) is 4.90. The maximum Gasteiger partial charge on any atom is 0.336 e. The fraction of sp³-hybridized carbons (Fsp3) is 0.438. The largest absolute Gasteiger partial charge is 0.422 e. The van der Waals surface area contributed by atoms with Gasteiger partial charge < -0.3 is 4.42 Å². The van der Waals surface area contributed by atoms with Crippen molar-refractivity contribution in [3.63, 3.8) is 0 Å². The Kier molecular flexibility index (Phi) is 4.19. The molecule has 0 amide bonds. The van der Waals surface area contributed by atoms with Gasteiger partial charge in [0.2, 0.25) is 0 Å². The van der Waals surface area contributed by atoms with Gasteiger partial charge in [-0.3, -0.25) is 0 Å². The normalized spacial score (nSPS) is 11.0. The Hall–Kier alpha value is -1.57. The van der Waals surface area contributed by atoms with Crippen molar-refractivity contribution in [1.29, 1.82) is 0 Å². The highest BCUT2D eigenvalue weighted by molar-refractivity contribution is 5.80. The van der Waals surface area contributed by atoms with Gasteiger partial charge in [-0.25, -0.2) is 4.79 Å². The summed E-state index contributed by atoms with van der Waals surface area (Å²) >= 11 is 0. The van der Waals surface area contributed by atoms with E-state index in [2.05, 4.69) is 19.1 Å². The molecule has 1 aromatic carbocycles. The first-order chi connectivity index (χ1) is 8.70. The molecule has 18 heavy (non-hydrogen) atoms. The summed E-state index contributed by atoms with van der Waals surface area (Å²) < 4.78 is 5.23. The molecule has 0 aliphatic carbocycles. The Bertz CT molecular complexity index is 581. The first-order valence-electron chi connectivity index (χ1n) is 6.74. The molecule has 96 valence electrons. The molecule has 0 unspecified atom stereocenters. The van der Waals surface area contributed by atoms with Crippen LogP contribution in [0.2, 0.25) is 0 Å². The Morgan fingerprint density at radius 1 is 1.11 bits per heavy atom. The van der Waals surface area contributed by atoms with Crippen LogP contribution >= 0.6 is 0 Å². The van der Waals surface area contributed by atoms with Gasteiger partial charge in [0.15, 0.2) is 0 Å². The van der Waals surface area contributed by atoms with Crippen LogP contribution in [0.4, 0.5) is 0 Å². The van der Waals surface area contributed by atoms with Crippen LogP contribution in [0.1, 0.15) is 43.7 Å². The maximum absolute atomic E-state index is 11.2. The van der Waals surface area contributed by atoms with E-state index in [4.69, 9.17) is 4.42 Å². The van der Waals surface area contributed by atoms with Gasteiger partial charge in [0, 0.05) is 11.5 Å². The van der Waals surface area contributed by atoms with Crippen molar-refractivity contribution in [1.82, 2.24) is 0 Å². The van der Waals surface area contributed by atoms with Crippen LogP contribution in [-0.2, 0) is 6.42 Å². The van der Waals surface area contributed by atoms with Crippen molar-refractivity contribution >= 4 is 11.0 Å². The summed E-state index contributed by atoms with van der Waals surface area (Å²) in [6.07, 6.45) is 6.20. The second kappa shape index (κ2) is 5.85. The van der Waals surface area contributed by atoms with Gasteiger partial charge in [-0.05, 0) is 43.0 Å². The molecule has 0 N–H and O–H groups in total. The summed E-state index contributed by atoms with van der Waals surface area (Å²) in [5.74, 6) is 0. The topological polar surface area (TPSA) is 30.2 Å². The van der Waals surface area contributed by atoms with E-state index in [-0.39, 0.29) is 5.63 Å². The van der Waals surface area contributed by atoms with Crippen LogP contribution in [0, 0.1) is 6.92 Å². The molecule has 0 aliphatic rings. The highest BCUT2D eigenvalue weighted by Crippen LogP contribution is 2.20. The van der Waals surface area contributed by atoms with E-state index in [0.717, 1.165) is 23.0 Å². The summed E-state index contributed by atoms with van der Waals surface area (Å²) in [5.41, 5.74) is 2.83. The van der Waals surface area contributed by atoms with Gasteiger partial charge in [-0.2, -0.15) is 0 Å². The molecule has 0 bridgehead atoms. The lowest BCUT2D eigenvalue weighted by molar-refractivity contribution is 0.558. The first-order valence-corrected chi connectivity index (χ1v) is 6.74. The standard InChI is InChI=1S/C16H20O2/c1-3-4-5-6-7-13-10-12(2)16-14(11-13)8-9-15(17)18-16/h8-11H,3-7H2,1-2H3. The van der Waals surface area contributed by atoms with Crippen LogP contribution in [-0.4, -0.2) is 0 Å². The molecule has 2 nitrogen and oxygen atoms in total. The minimum atomic E-state index is -0.277. The molecule has 0 atom stereocenters. The second-order valence-corrected chi connectivity index (χ2v) is 4.90. The van der Waals surface area contributed by atoms with Crippen LogP contribution in [0.5, 0.6) is 0 Å². The number of hydrogen-bond donors (Lipinski definition) is 0. The average molecular weight is 244 g/mol. The van der Waals surface area contributed by atoms with E-state index in [9.17, 15) is 4.79 Å². The Morgan fingerprint density at radius 3 is 2.72 bits per heavy atom. The van der Waals surface area contributed by atoms with Crippen molar-refractivity contribution in [3.8, 4) is 0 Å². The van der Waals surface area contributed by atoms with Crippen molar-refractivity contribution in [2.75, 3.05) is 0 Å². The zero-order valence-corrected chi connectivity index (χ0v) is 11.2. The van der Waals surface area contributed by atoms with E-state index in [1.165, 1.54) is 37.3 Å². The van der Waals surface area contributed by atoms with Gasteiger partial charge in [-0.1, -0.05) is 32.3 Å². The van der Waals surface area contributed by atoms with E-state index < -0.39 is 0 Å². The lowest BCUT2D eigenvalue weighted by atomic mass is 10.0. The predicted molar refractivity (Wildman–Crippen MR) is 75.1 cm³/mol. The van der Waals surface area contributed by atoms with Gasteiger partial charge in [0.25, 0.3) is 0 Å². The monoisotopic (exact) mass is 244 g/mol. The van der Waals surface area contributed by atoms with Gasteiger partial charge in [0.05, 0.1) is 0 Å². The number of fused-ring (bicyclic) bond motifs is 1. The molecule has 2 aromatic rings. The quantitative estimate of drug-likeness (QED) is 0.582. The third-order valence-corrected chi connectivity index (χ3v) is 3.28.